The van der Waals surface area contributed by atoms with Crippen molar-refractivity contribution in [1.82, 2.24) is 0 Å². The van der Waals surface area contributed by atoms with E-state index in [0.29, 0.717) is 0 Å². The Morgan fingerprint density at radius 1 is 0.690 bits per heavy atom. The van der Waals surface area contributed by atoms with Crippen molar-refractivity contribution in [3.8, 4) is 0 Å². The average Bonchev–Trinajstić information content (AvgIpc) is 2.50. The highest BCUT2D eigenvalue weighted by molar-refractivity contribution is 5.89. The Balaban J connectivity index is 5.65. The minimum absolute atomic E-state index is 0.0295. The molecule has 0 aromatic rings. The molecule has 0 aromatic heterocycles. The SMILES string of the molecule is O=C([O-])/C=C/C(=O)OCCC(F)(F)C(F)(F)C(F)(F)C(F)(F)C(F)(F)C(F)(F)F. The average molecular weight is 461 g/mol. The molecule has 0 bridgehead atoms. The molecule has 0 heterocycles. The minimum Gasteiger partial charge on any atom is -0.545 e. The molecule has 0 saturated heterocycles. The molecule has 0 amide bonds. The van der Waals surface area contributed by atoms with Crippen LogP contribution in [-0.2, 0) is 14.3 Å². The van der Waals surface area contributed by atoms with E-state index < -0.39 is 60.8 Å². The van der Waals surface area contributed by atoms with Crippen LogP contribution < -0.4 is 5.11 Å². The zero-order valence-corrected chi connectivity index (χ0v) is 13.1. The van der Waals surface area contributed by atoms with Gasteiger partial charge in [0.15, 0.2) is 0 Å². The summed E-state index contributed by atoms with van der Waals surface area (Å²) in [4.78, 5) is 20.7. The van der Waals surface area contributed by atoms with Crippen molar-refractivity contribution in [2.75, 3.05) is 6.61 Å². The number of rotatable bonds is 9. The summed E-state index contributed by atoms with van der Waals surface area (Å²) in [7, 11) is 0. The van der Waals surface area contributed by atoms with E-state index in [1.54, 1.807) is 0 Å². The van der Waals surface area contributed by atoms with Crippen molar-refractivity contribution >= 4 is 11.9 Å². The predicted molar refractivity (Wildman–Crippen MR) is 60.5 cm³/mol. The van der Waals surface area contributed by atoms with Gasteiger partial charge in [-0.15, -0.1) is 0 Å². The van der Waals surface area contributed by atoms with Crippen molar-refractivity contribution in [2.45, 2.75) is 42.2 Å². The van der Waals surface area contributed by atoms with E-state index in [1.165, 1.54) is 0 Å². The molecule has 29 heavy (non-hydrogen) atoms. The van der Waals surface area contributed by atoms with Crippen LogP contribution in [0.15, 0.2) is 12.2 Å². The molecular formula is C12H6F13O4-. The number of aliphatic carboxylic acids is 1. The molecule has 0 atom stereocenters. The zero-order chi connectivity index (χ0) is 23.7. The van der Waals surface area contributed by atoms with Gasteiger partial charge in [-0.3, -0.25) is 0 Å². The van der Waals surface area contributed by atoms with E-state index in [0.717, 1.165) is 0 Å². The third-order valence-electron chi connectivity index (χ3n) is 3.01. The van der Waals surface area contributed by atoms with Gasteiger partial charge in [0.1, 0.15) is 0 Å². The lowest BCUT2D eigenvalue weighted by atomic mass is 9.93. The lowest BCUT2D eigenvalue weighted by Crippen LogP contribution is -2.70. The molecule has 0 N–H and O–H groups in total. The third-order valence-corrected chi connectivity index (χ3v) is 3.01. The predicted octanol–water partition coefficient (Wildman–Crippen LogP) is 2.96. The maximum Gasteiger partial charge on any atom is 0.460 e. The van der Waals surface area contributed by atoms with Crippen LogP contribution in [0.5, 0.6) is 0 Å². The molecule has 4 nitrogen and oxygen atoms in total. The van der Waals surface area contributed by atoms with Crippen molar-refractivity contribution in [3.63, 3.8) is 0 Å². The van der Waals surface area contributed by atoms with Gasteiger partial charge in [-0.1, -0.05) is 0 Å². The molecule has 0 spiro atoms. The first-order valence-corrected chi connectivity index (χ1v) is 6.58. The van der Waals surface area contributed by atoms with Crippen LogP contribution in [0.25, 0.3) is 0 Å². The summed E-state index contributed by atoms with van der Waals surface area (Å²) in [6, 6.07) is 0. The Hall–Kier alpha value is -2.23. The summed E-state index contributed by atoms with van der Waals surface area (Å²) in [5.74, 6) is -41.5. The molecule has 0 saturated carbocycles. The Kier molecular flexibility index (Phi) is 7.28. The molecule has 0 aliphatic rings. The van der Waals surface area contributed by atoms with E-state index in [-0.39, 0.29) is 12.2 Å². The quantitative estimate of drug-likeness (QED) is 0.301. The van der Waals surface area contributed by atoms with Gasteiger partial charge in [-0.2, -0.15) is 57.1 Å². The molecule has 170 valence electrons. The Bertz CT molecular complexity index is 651. The number of hydrogen-bond acceptors (Lipinski definition) is 4. The van der Waals surface area contributed by atoms with Crippen LogP contribution in [-0.4, -0.2) is 54.3 Å². The van der Waals surface area contributed by atoms with E-state index in [4.69, 9.17) is 0 Å². The van der Waals surface area contributed by atoms with Crippen LogP contribution in [0.1, 0.15) is 6.42 Å². The van der Waals surface area contributed by atoms with Crippen molar-refractivity contribution in [1.29, 1.82) is 0 Å². The first-order chi connectivity index (χ1) is 12.6. The topological polar surface area (TPSA) is 66.4 Å². The monoisotopic (exact) mass is 461 g/mol. The summed E-state index contributed by atoms with van der Waals surface area (Å²) < 4.78 is 170. The second kappa shape index (κ2) is 7.89. The fraction of sp³-hybridized carbons (Fsp3) is 0.667. The Morgan fingerprint density at radius 2 is 1.10 bits per heavy atom. The maximum absolute atomic E-state index is 13.3. The van der Waals surface area contributed by atoms with Crippen LogP contribution in [0.3, 0.4) is 0 Å². The summed E-state index contributed by atoms with van der Waals surface area (Å²) in [6.45, 7) is -1.98. The summed E-state index contributed by atoms with van der Waals surface area (Å²) >= 11 is 0. The van der Waals surface area contributed by atoms with Crippen LogP contribution in [0.2, 0.25) is 0 Å². The molecule has 17 heteroatoms. The van der Waals surface area contributed by atoms with Gasteiger partial charge in [0.2, 0.25) is 0 Å². The number of halogens is 13. The fourth-order valence-corrected chi connectivity index (χ4v) is 1.42. The van der Waals surface area contributed by atoms with Gasteiger partial charge in [0, 0.05) is 6.08 Å². The van der Waals surface area contributed by atoms with Crippen LogP contribution >= 0.6 is 0 Å². The van der Waals surface area contributed by atoms with E-state index in [9.17, 15) is 71.8 Å². The maximum atomic E-state index is 13.3. The highest BCUT2D eigenvalue weighted by atomic mass is 19.4. The lowest BCUT2D eigenvalue weighted by molar-refractivity contribution is -0.440. The zero-order valence-electron chi connectivity index (χ0n) is 13.1. The number of carbonyl (C=O) groups is 2. The molecule has 0 rings (SSSR count). The molecular weight excluding hydrogens is 455 g/mol. The molecule has 0 aromatic carbocycles. The van der Waals surface area contributed by atoms with Gasteiger partial charge in [0.05, 0.1) is 19.0 Å². The molecule has 0 aliphatic carbocycles. The Labute approximate surface area is 150 Å². The van der Waals surface area contributed by atoms with Crippen LogP contribution in [0, 0.1) is 0 Å². The van der Waals surface area contributed by atoms with Crippen molar-refractivity contribution in [2.24, 2.45) is 0 Å². The number of carboxylic acid groups (broad SMARTS) is 1. The lowest BCUT2D eigenvalue weighted by Gasteiger charge is -2.39. The second-order valence-electron chi connectivity index (χ2n) is 5.07. The smallest absolute Gasteiger partial charge is 0.460 e. The molecule has 0 fully saturated rings. The fourth-order valence-electron chi connectivity index (χ4n) is 1.42. The highest BCUT2D eigenvalue weighted by Crippen LogP contribution is 2.60. The number of carboxylic acids is 1. The number of hydrogen-bond donors (Lipinski definition) is 0. The summed E-state index contributed by atoms with van der Waals surface area (Å²) in [6.07, 6.45) is -10.3. The highest BCUT2D eigenvalue weighted by Gasteiger charge is 2.90. The van der Waals surface area contributed by atoms with Gasteiger partial charge in [-0.25, -0.2) is 4.79 Å². The van der Waals surface area contributed by atoms with Gasteiger partial charge >= 0.3 is 41.8 Å². The van der Waals surface area contributed by atoms with Gasteiger partial charge in [0.25, 0.3) is 0 Å². The first-order valence-electron chi connectivity index (χ1n) is 6.58. The van der Waals surface area contributed by atoms with E-state index in [1.807, 2.05) is 0 Å². The summed E-state index contributed by atoms with van der Waals surface area (Å²) in [5.41, 5.74) is 0. The van der Waals surface area contributed by atoms with Crippen LogP contribution in [0.4, 0.5) is 57.1 Å². The third kappa shape index (κ3) is 4.85. The van der Waals surface area contributed by atoms with E-state index >= 15 is 0 Å². The number of carbonyl (C=O) groups excluding carboxylic acids is 2. The van der Waals surface area contributed by atoms with Crippen molar-refractivity contribution < 1.29 is 76.5 Å². The normalized spacial score (nSPS) is 14.9. The van der Waals surface area contributed by atoms with Gasteiger partial charge in [-0.05, 0) is 6.08 Å². The number of ether oxygens (including phenoxy) is 1. The summed E-state index contributed by atoms with van der Waals surface area (Å²) in [5, 5.41) is 9.90. The molecule has 0 radical (unpaired) electrons. The Morgan fingerprint density at radius 3 is 1.48 bits per heavy atom. The first kappa shape index (κ1) is 26.8. The van der Waals surface area contributed by atoms with Gasteiger partial charge < -0.3 is 14.6 Å². The molecule has 0 unspecified atom stereocenters. The van der Waals surface area contributed by atoms with Crippen molar-refractivity contribution in [3.05, 3.63) is 12.2 Å². The van der Waals surface area contributed by atoms with E-state index in [2.05, 4.69) is 4.74 Å². The number of esters is 1. The number of alkyl halides is 13. The second-order valence-corrected chi connectivity index (χ2v) is 5.07. The largest absolute Gasteiger partial charge is 0.545 e. The standard InChI is InChI=1S/C12H7F13O4/c13-7(14,3-4-29-6(28)2-1-5(26)27)8(15,16)9(17,18)10(19,20)11(21,22)12(23,24)25/h1-2H,3-4H2,(H,26,27)/p-1/b2-1+. The minimum atomic E-state index is -8.01. The molecule has 0 aliphatic heterocycles.